The predicted octanol–water partition coefficient (Wildman–Crippen LogP) is 0.0690. The number of ether oxygens (including phenoxy) is 1. The summed E-state index contributed by atoms with van der Waals surface area (Å²) < 4.78 is 4.48. The lowest BCUT2D eigenvalue weighted by Gasteiger charge is -2.06. The van der Waals surface area contributed by atoms with Crippen LogP contribution in [0.2, 0.25) is 0 Å². The quantitative estimate of drug-likeness (QED) is 0.433. The van der Waals surface area contributed by atoms with Gasteiger partial charge in [-0.25, -0.2) is 9.97 Å². The Bertz CT molecular complexity index is 294. The van der Waals surface area contributed by atoms with Crippen LogP contribution in [0.3, 0.4) is 0 Å². The molecule has 1 aromatic heterocycles. The molecular formula is C8H11N3O2S. The van der Waals surface area contributed by atoms with Gasteiger partial charge in [-0.2, -0.15) is 0 Å². The molecule has 1 unspecified atom stereocenters. The second-order valence-corrected chi connectivity index (χ2v) is 3.46. The monoisotopic (exact) mass is 213 g/mol. The van der Waals surface area contributed by atoms with Gasteiger partial charge in [-0.1, -0.05) is 11.8 Å². The highest BCUT2D eigenvalue weighted by Crippen LogP contribution is 2.11. The van der Waals surface area contributed by atoms with Crippen LogP contribution < -0.4 is 5.73 Å². The van der Waals surface area contributed by atoms with Crippen LogP contribution in [-0.4, -0.2) is 34.8 Å². The van der Waals surface area contributed by atoms with E-state index >= 15 is 0 Å². The Morgan fingerprint density at radius 1 is 1.64 bits per heavy atom. The van der Waals surface area contributed by atoms with Crippen molar-refractivity contribution < 1.29 is 9.53 Å². The molecule has 76 valence electrons. The molecule has 5 nitrogen and oxygen atoms in total. The molecule has 0 spiro atoms. The lowest BCUT2D eigenvalue weighted by Crippen LogP contribution is -2.33. The number of nitrogens with zero attached hydrogens (tertiary/aromatic N) is 2. The zero-order valence-electron chi connectivity index (χ0n) is 7.71. The van der Waals surface area contributed by atoms with Crippen molar-refractivity contribution >= 4 is 17.7 Å². The second-order valence-electron chi connectivity index (χ2n) is 2.47. The first-order valence-corrected chi connectivity index (χ1v) is 4.96. The summed E-state index contributed by atoms with van der Waals surface area (Å²) in [6.07, 6.45) is 3.28. The molecule has 14 heavy (non-hydrogen) atoms. The van der Waals surface area contributed by atoms with Gasteiger partial charge in [0, 0.05) is 18.1 Å². The molecule has 0 fully saturated rings. The van der Waals surface area contributed by atoms with Gasteiger partial charge in [0.1, 0.15) is 6.04 Å². The van der Waals surface area contributed by atoms with E-state index < -0.39 is 12.0 Å². The first-order valence-electron chi connectivity index (χ1n) is 3.97. The molecule has 1 aromatic rings. The Kier molecular flexibility index (Phi) is 4.34. The van der Waals surface area contributed by atoms with Crippen LogP contribution in [0.15, 0.2) is 23.6 Å². The second kappa shape index (κ2) is 5.56. The molecule has 0 saturated carbocycles. The molecule has 1 atom stereocenters. The molecule has 0 amide bonds. The third kappa shape index (κ3) is 3.31. The van der Waals surface area contributed by atoms with E-state index in [0.717, 1.165) is 0 Å². The summed E-state index contributed by atoms with van der Waals surface area (Å²) in [6, 6.07) is 1.10. The number of carbonyl (C=O) groups is 1. The molecule has 0 saturated heterocycles. The van der Waals surface area contributed by atoms with E-state index in [-0.39, 0.29) is 0 Å². The molecule has 6 heteroatoms. The SMILES string of the molecule is COC(=O)C(N)CSc1ncccn1. The van der Waals surface area contributed by atoms with E-state index in [2.05, 4.69) is 14.7 Å². The first kappa shape index (κ1) is 10.9. The zero-order valence-corrected chi connectivity index (χ0v) is 8.53. The highest BCUT2D eigenvalue weighted by Gasteiger charge is 2.14. The van der Waals surface area contributed by atoms with Gasteiger partial charge >= 0.3 is 5.97 Å². The number of thioether (sulfide) groups is 1. The maximum Gasteiger partial charge on any atom is 0.323 e. The van der Waals surface area contributed by atoms with E-state index in [1.807, 2.05) is 0 Å². The van der Waals surface area contributed by atoms with Gasteiger partial charge in [0.05, 0.1) is 7.11 Å². The third-order valence-corrected chi connectivity index (χ3v) is 2.43. The molecule has 0 aliphatic heterocycles. The largest absolute Gasteiger partial charge is 0.468 e. The van der Waals surface area contributed by atoms with Crippen LogP contribution in [0.4, 0.5) is 0 Å². The van der Waals surface area contributed by atoms with Crippen LogP contribution in [0, 0.1) is 0 Å². The minimum absolute atomic E-state index is 0.413. The highest BCUT2D eigenvalue weighted by molar-refractivity contribution is 7.99. The Labute approximate surface area is 86.1 Å². The molecular weight excluding hydrogens is 202 g/mol. The van der Waals surface area contributed by atoms with Crippen LogP contribution in [0.1, 0.15) is 0 Å². The number of nitrogens with two attached hydrogens (primary N) is 1. The molecule has 0 aliphatic carbocycles. The smallest absolute Gasteiger partial charge is 0.323 e. The lowest BCUT2D eigenvalue weighted by atomic mass is 10.4. The molecule has 1 rings (SSSR count). The van der Waals surface area contributed by atoms with E-state index in [4.69, 9.17) is 5.73 Å². The van der Waals surface area contributed by atoms with Crippen molar-refractivity contribution in [1.29, 1.82) is 0 Å². The van der Waals surface area contributed by atoms with Gasteiger partial charge in [0.15, 0.2) is 5.16 Å². The Morgan fingerprint density at radius 2 is 2.29 bits per heavy atom. The minimum atomic E-state index is -0.631. The fraction of sp³-hybridized carbons (Fsp3) is 0.375. The van der Waals surface area contributed by atoms with Crippen molar-refractivity contribution in [3.8, 4) is 0 Å². The van der Waals surface area contributed by atoms with E-state index in [1.54, 1.807) is 18.5 Å². The number of methoxy groups -OCH3 is 1. The summed E-state index contributed by atoms with van der Waals surface area (Å²) in [6.45, 7) is 0. The van der Waals surface area contributed by atoms with Crippen molar-refractivity contribution in [2.75, 3.05) is 12.9 Å². The molecule has 0 aromatic carbocycles. The fourth-order valence-corrected chi connectivity index (χ4v) is 1.48. The number of hydrogen-bond acceptors (Lipinski definition) is 6. The van der Waals surface area contributed by atoms with Gasteiger partial charge in [-0.15, -0.1) is 0 Å². The van der Waals surface area contributed by atoms with Gasteiger partial charge in [0.25, 0.3) is 0 Å². The summed E-state index contributed by atoms with van der Waals surface area (Å²) in [7, 11) is 1.31. The summed E-state index contributed by atoms with van der Waals surface area (Å²) in [4.78, 5) is 18.9. The van der Waals surface area contributed by atoms with Gasteiger partial charge in [-0.05, 0) is 6.07 Å². The minimum Gasteiger partial charge on any atom is -0.468 e. The summed E-state index contributed by atoms with van der Waals surface area (Å²) in [5.74, 6) is -0.00937. The highest BCUT2D eigenvalue weighted by atomic mass is 32.2. The summed E-state index contributed by atoms with van der Waals surface area (Å²) in [5, 5.41) is 0.604. The normalized spacial score (nSPS) is 12.1. The third-order valence-electron chi connectivity index (χ3n) is 1.44. The summed E-state index contributed by atoms with van der Waals surface area (Å²) >= 11 is 1.32. The van der Waals surface area contributed by atoms with E-state index in [9.17, 15) is 4.79 Å². The van der Waals surface area contributed by atoms with Crippen LogP contribution >= 0.6 is 11.8 Å². The molecule has 0 bridgehead atoms. The predicted molar refractivity (Wildman–Crippen MR) is 52.7 cm³/mol. The molecule has 0 radical (unpaired) electrons. The van der Waals surface area contributed by atoms with Crippen molar-refractivity contribution in [3.05, 3.63) is 18.5 Å². The van der Waals surface area contributed by atoms with E-state index in [1.165, 1.54) is 18.9 Å². The lowest BCUT2D eigenvalue weighted by molar-refractivity contribution is -0.141. The topological polar surface area (TPSA) is 78.1 Å². The van der Waals surface area contributed by atoms with Crippen molar-refractivity contribution in [3.63, 3.8) is 0 Å². The Balaban J connectivity index is 2.38. The summed E-state index contributed by atoms with van der Waals surface area (Å²) in [5.41, 5.74) is 5.52. The molecule has 0 aliphatic rings. The van der Waals surface area contributed by atoms with E-state index in [0.29, 0.717) is 10.9 Å². The van der Waals surface area contributed by atoms with Crippen molar-refractivity contribution in [2.45, 2.75) is 11.2 Å². The number of carbonyl (C=O) groups excluding carboxylic acids is 1. The first-order chi connectivity index (χ1) is 6.74. The van der Waals surface area contributed by atoms with Crippen molar-refractivity contribution in [1.82, 2.24) is 9.97 Å². The van der Waals surface area contributed by atoms with Crippen LogP contribution in [0.5, 0.6) is 0 Å². The van der Waals surface area contributed by atoms with Crippen molar-refractivity contribution in [2.24, 2.45) is 5.73 Å². The number of hydrogen-bond donors (Lipinski definition) is 1. The average molecular weight is 213 g/mol. The standard InChI is InChI=1S/C8H11N3O2S/c1-13-7(12)6(9)5-14-8-10-3-2-4-11-8/h2-4,6H,5,9H2,1H3. The number of rotatable bonds is 4. The fourth-order valence-electron chi connectivity index (χ4n) is 0.744. The van der Waals surface area contributed by atoms with Gasteiger partial charge in [-0.3, -0.25) is 4.79 Å². The maximum atomic E-state index is 10.9. The molecule has 2 N–H and O–H groups in total. The molecule has 1 heterocycles. The van der Waals surface area contributed by atoms with Crippen LogP contribution in [0.25, 0.3) is 0 Å². The zero-order chi connectivity index (χ0) is 10.4. The van der Waals surface area contributed by atoms with Gasteiger partial charge in [0.2, 0.25) is 0 Å². The number of esters is 1. The Morgan fingerprint density at radius 3 is 2.86 bits per heavy atom. The maximum absolute atomic E-state index is 10.9. The number of aromatic nitrogens is 2. The van der Waals surface area contributed by atoms with Gasteiger partial charge < -0.3 is 10.5 Å². The Hall–Kier alpha value is -1.14. The average Bonchev–Trinajstić information content (AvgIpc) is 2.26. The van der Waals surface area contributed by atoms with Crippen LogP contribution in [-0.2, 0) is 9.53 Å².